The molecule has 0 radical (unpaired) electrons. The van der Waals surface area contributed by atoms with E-state index in [0.717, 1.165) is 22.6 Å². The van der Waals surface area contributed by atoms with Gasteiger partial charge in [-0.15, -0.1) is 0 Å². The van der Waals surface area contributed by atoms with E-state index < -0.39 is 0 Å². The van der Waals surface area contributed by atoms with Crippen molar-refractivity contribution in [2.45, 2.75) is 13.5 Å². The van der Waals surface area contributed by atoms with Gasteiger partial charge in [-0.2, -0.15) is 0 Å². The average Bonchev–Trinajstić information content (AvgIpc) is 2.65. The molecule has 1 amide bonds. The van der Waals surface area contributed by atoms with E-state index in [2.05, 4.69) is 0 Å². The smallest absolute Gasteiger partial charge is 0.246 e. The Morgan fingerprint density at radius 3 is 2.68 bits per heavy atom. The second kappa shape index (κ2) is 8.08. The normalized spacial score (nSPS) is 13.0. The Hall–Kier alpha value is -2.46. The average molecular weight is 358 g/mol. The van der Waals surface area contributed by atoms with E-state index in [1.165, 1.54) is 0 Å². The molecule has 0 saturated carbocycles. The predicted molar refractivity (Wildman–Crippen MR) is 99.0 cm³/mol. The lowest BCUT2D eigenvalue weighted by molar-refractivity contribution is -0.126. The van der Waals surface area contributed by atoms with E-state index in [1.807, 2.05) is 37.3 Å². The number of benzene rings is 2. The van der Waals surface area contributed by atoms with Crippen LogP contribution in [0.1, 0.15) is 18.1 Å². The highest BCUT2D eigenvalue weighted by Gasteiger charge is 2.18. The maximum absolute atomic E-state index is 12.5. The molecule has 1 aliphatic heterocycles. The van der Waals surface area contributed by atoms with Crippen LogP contribution in [0.4, 0.5) is 0 Å². The number of para-hydroxylation sites is 1. The van der Waals surface area contributed by atoms with Gasteiger partial charge in [0.1, 0.15) is 13.2 Å². The second-order valence-corrected chi connectivity index (χ2v) is 6.12. The Kier molecular flexibility index (Phi) is 5.61. The Labute approximate surface area is 152 Å². The van der Waals surface area contributed by atoms with Gasteiger partial charge in [0, 0.05) is 29.8 Å². The molecule has 0 aromatic heterocycles. The summed E-state index contributed by atoms with van der Waals surface area (Å²) in [5.74, 6) is 1.43. The SMILES string of the molecule is CCN(Cc1cccc2c1OCCO2)C(=O)/C=C/c1ccc(Cl)cc1. The van der Waals surface area contributed by atoms with Crippen LogP contribution < -0.4 is 9.47 Å². The molecule has 0 fully saturated rings. The standard InChI is InChI=1S/C20H20ClNO3/c1-2-22(19(23)11-8-15-6-9-17(21)10-7-15)14-16-4-3-5-18-20(16)25-13-12-24-18/h3-11H,2,12-14H2,1H3/b11-8+. The van der Waals surface area contributed by atoms with Crippen molar-refractivity contribution < 1.29 is 14.3 Å². The number of halogens is 1. The van der Waals surface area contributed by atoms with Crippen molar-refractivity contribution in [2.24, 2.45) is 0 Å². The van der Waals surface area contributed by atoms with Crippen molar-refractivity contribution >= 4 is 23.6 Å². The van der Waals surface area contributed by atoms with Crippen LogP contribution in [0.3, 0.4) is 0 Å². The first kappa shape index (κ1) is 17.4. The predicted octanol–water partition coefficient (Wildman–Crippen LogP) is 4.17. The maximum atomic E-state index is 12.5. The molecular weight excluding hydrogens is 338 g/mol. The highest BCUT2D eigenvalue weighted by atomic mass is 35.5. The largest absolute Gasteiger partial charge is 0.486 e. The first-order chi connectivity index (χ1) is 12.2. The van der Waals surface area contributed by atoms with E-state index in [0.29, 0.717) is 31.3 Å². The fraction of sp³-hybridized carbons (Fsp3) is 0.250. The van der Waals surface area contributed by atoms with E-state index in [4.69, 9.17) is 21.1 Å². The summed E-state index contributed by atoms with van der Waals surface area (Å²) in [7, 11) is 0. The fourth-order valence-electron chi connectivity index (χ4n) is 2.66. The van der Waals surface area contributed by atoms with Gasteiger partial charge in [0.15, 0.2) is 11.5 Å². The zero-order valence-corrected chi connectivity index (χ0v) is 14.8. The highest BCUT2D eigenvalue weighted by Crippen LogP contribution is 2.34. The molecule has 0 spiro atoms. The van der Waals surface area contributed by atoms with Crippen LogP contribution in [0, 0.1) is 0 Å². The van der Waals surface area contributed by atoms with E-state index in [9.17, 15) is 4.79 Å². The number of carbonyl (C=O) groups excluding carboxylic acids is 1. The van der Waals surface area contributed by atoms with E-state index >= 15 is 0 Å². The quantitative estimate of drug-likeness (QED) is 0.754. The molecule has 4 nitrogen and oxygen atoms in total. The summed E-state index contributed by atoms with van der Waals surface area (Å²) in [4.78, 5) is 14.3. The van der Waals surface area contributed by atoms with Crippen LogP contribution in [0.25, 0.3) is 6.08 Å². The summed E-state index contributed by atoms with van der Waals surface area (Å²) in [5.41, 5.74) is 1.88. The minimum atomic E-state index is -0.0493. The molecule has 0 saturated heterocycles. The number of nitrogens with zero attached hydrogens (tertiary/aromatic N) is 1. The molecule has 2 aromatic rings. The van der Waals surface area contributed by atoms with Crippen LogP contribution >= 0.6 is 11.6 Å². The van der Waals surface area contributed by atoms with Gasteiger partial charge in [0.05, 0.1) is 0 Å². The summed E-state index contributed by atoms with van der Waals surface area (Å²) < 4.78 is 11.3. The van der Waals surface area contributed by atoms with Crippen molar-refractivity contribution in [3.8, 4) is 11.5 Å². The van der Waals surface area contributed by atoms with Crippen LogP contribution in [-0.2, 0) is 11.3 Å². The van der Waals surface area contributed by atoms with Gasteiger partial charge < -0.3 is 14.4 Å². The van der Waals surface area contributed by atoms with Crippen molar-refractivity contribution in [3.63, 3.8) is 0 Å². The van der Waals surface area contributed by atoms with Crippen molar-refractivity contribution in [3.05, 3.63) is 64.7 Å². The molecule has 5 heteroatoms. The lowest BCUT2D eigenvalue weighted by Gasteiger charge is -2.24. The molecule has 1 aliphatic rings. The molecule has 130 valence electrons. The summed E-state index contributed by atoms with van der Waals surface area (Å²) in [5, 5.41) is 0.676. The van der Waals surface area contributed by atoms with Gasteiger partial charge in [-0.25, -0.2) is 0 Å². The number of fused-ring (bicyclic) bond motifs is 1. The molecule has 1 heterocycles. The number of rotatable bonds is 5. The number of ether oxygens (including phenoxy) is 2. The van der Waals surface area contributed by atoms with Gasteiger partial charge in [0.25, 0.3) is 0 Å². The third-order valence-electron chi connectivity index (χ3n) is 3.99. The Bertz CT molecular complexity index is 771. The van der Waals surface area contributed by atoms with E-state index in [-0.39, 0.29) is 5.91 Å². The fourth-order valence-corrected chi connectivity index (χ4v) is 2.78. The van der Waals surface area contributed by atoms with Crippen LogP contribution in [0.2, 0.25) is 5.02 Å². The molecule has 0 aliphatic carbocycles. The van der Waals surface area contributed by atoms with Gasteiger partial charge in [-0.1, -0.05) is 35.9 Å². The maximum Gasteiger partial charge on any atom is 0.246 e. The van der Waals surface area contributed by atoms with E-state index in [1.54, 1.807) is 29.2 Å². The first-order valence-corrected chi connectivity index (χ1v) is 8.65. The lowest BCUT2D eigenvalue weighted by atomic mass is 10.1. The number of likely N-dealkylation sites (N-methyl/N-ethyl adjacent to an activating group) is 1. The molecule has 0 atom stereocenters. The van der Waals surface area contributed by atoms with Gasteiger partial charge in [-0.3, -0.25) is 4.79 Å². The molecular formula is C20H20ClNO3. The van der Waals surface area contributed by atoms with Crippen molar-refractivity contribution in [1.82, 2.24) is 4.90 Å². The number of carbonyl (C=O) groups is 1. The molecule has 0 bridgehead atoms. The van der Waals surface area contributed by atoms with Gasteiger partial charge in [0.2, 0.25) is 5.91 Å². The monoisotopic (exact) mass is 357 g/mol. The van der Waals surface area contributed by atoms with Gasteiger partial charge >= 0.3 is 0 Å². The van der Waals surface area contributed by atoms with Crippen molar-refractivity contribution in [2.75, 3.05) is 19.8 Å². The third-order valence-corrected chi connectivity index (χ3v) is 4.24. The van der Waals surface area contributed by atoms with Crippen molar-refractivity contribution in [1.29, 1.82) is 0 Å². The molecule has 25 heavy (non-hydrogen) atoms. The zero-order chi connectivity index (χ0) is 17.6. The summed E-state index contributed by atoms with van der Waals surface area (Å²) in [6.45, 7) is 4.12. The number of hydrogen-bond donors (Lipinski definition) is 0. The van der Waals surface area contributed by atoms with Gasteiger partial charge in [-0.05, 0) is 36.8 Å². The molecule has 3 rings (SSSR count). The first-order valence-electron chi connectivity index (χ1n) is 8.27. The Balaban J connectivity index is 1.72. The molecule has 0 unspecified atom stereocenters. The number of amides is 1. The summed E-state index contributed by atoms with van der Waals surface area (Å²) in [6.07, 6.45) is 3.38. The summed E-state index contributed by atoms with van der Waals surface area (Å²) >= 11 is 5.87. The van der Waals surface area contributed by atoms with Crippen LogP contribution in [-0.4, -0.2) is 30.6 Å². The lowest BCUT2D eigenvalue weighted by Crippen LogP contribution is -2.29. The number of hydrogen-bond acceptors (Lipinski definition) is 3. The minimum absolute atomic E-state index is 0.0493. The topological polar surface area (TPSA) is 38.8 Å². The minimum Gasteiger partial charge on any atom is -0.486 e. The zero-order valence-electron chi connectivity index (χ0n) is 14.1. The highest BCUT2D eigenvalue weighted by molar-refractivity contribution is 6.30. The Morgan fingerprint density at radius 1 is 1.16 bits per heavy atom. The van der Waals surface area contributed by atoms with Crippen LogP contribution in [0.5, 0.6) is 11.5 Å². The summed E-state index contributed by atoms with van der Waals surface area (Å²) in [6, 6.07) is 13.1. The molecule has 0 N–H and O–H groups in total. The van der Waals surface area contributed by atoms with Crippen LogP contribution in [0.15, 0.2) is 48.5 Å². The second-order valence-electron chi connectivity index (χ2n) is 5.68. The third kappa shape index (κ3) is 4.34. The Morgan fingerprint density at radius 2 is 1.92 bits per heavy atom. The molecule has 2 aromatic carbocycles.